The van der Waals surface area contributed by atoms with Crippen molar-refractivity contribution in [1.82, 2.24) is 19.8 Å². The van der Waals surface area contributed by atoms with Crippen LogP contribution in [-0.2, 0) is 25.9 Å². The number of amides is 1. The lowest BCUT2D eigenvalue weighted by atomic mass is 9.99. The zero-order chi connectivity index (χ0) is 21.3. The van der Waals surface area contributed by atoms with Crippen molar-refractivity contribution in [3.8, 4) is 0 Å². The summed E-state index contributed by atoms with van der Waals surface area (Å²) < 4.78 is 40.2. The van der Waals surface area contributed by atoms with Gasteiger partial charge in [-0.2, -0.15) is 13.2 Å². The van der Waals surface area contributed by atoms with Gasteiger partial charge in [-0.25, -0.2) is 4.98 Å². The quantitative estimate of drug-likeness (QED) is 0.775. The van der Waals surface area contributed by atoms with Crippen LogP contribution in [0.25, 0.3) is 0 Å². The molecule has 0 saturated heterocycles. The smallest absolute Gasteiger partial charge is 0.390 e. The van der Waals surface area contributed by atoms with Crippen LogP contribution < -0.4 is 5.32 Å². The molecular formula is C21H25F3N4O2. The van der Waals surface area contributed by atoms with Crippen LogP contribution in [0.1, 0.15) is 33.9 Å². The fraction of sp³-hybridized carbons (Fsp3) is 0.524. The maximum atomic E-state index is 12.9. The molecule has 1 amide bonds. The number of nitrogens with one attached hydrogen (secondary N) is 1. The number of aliphatic hydroxyl groups excluding tert-OH is 1. The molecule has 4 rings (SSSR count). The van der Waals surface area contributed by atoms with Gasteiger partial charge in [0.05, 0.1) is 12.0 Å². The predicted molar refractivity (Wildman–Crippen MR) is 104 cm³/mol. The first-order chi connectivity index (χ1) is 14.3. The highest BCUT2D eigenvalue weighted by Gasteiger charge is 2.41. The second-order valence-electron chi connectivity index (χ2n) is 8.09. The molecule has 0 bridgehead atoms. The number of fused-ring (bicyclic) bond motifs is 2. The highest BCUT2D eigenvalue weighted by molar-refractivity contribution is 5.92. The molecule has 2 atom stereocenters. The Hall–Kier alpha value is -2.39. The summed E-state index contributed by atoms with van der Waals surface area (Å²) in [5, 5.41) is 13.0. The van der Waals surface area contributed by atoms with E-state index < -0.39 is 24.1 Å². The Bertz CT molecular complexity index is 912. The molecule has 0 spiro atoms. The Morgan fingerprint density at radius 2 is 2.03 bits per heavy atom. The zero-order valence-corrected chi connectivity index (χ0v) is 16.5. The predicted octanol–water partition coefficient (Wildman–Crippen LogP) is 2.16. The minimum absolute atomic E-state index is 0.0146. The largest absolute Gasteiger partial charge is 0.393 e. The van der Waals surface area contributed by atoms with Crippen molar-refractivity contribution in [2.75, 3.05) is 19.6 Å². The van der Waals surface area contributed by atoms with E-state index in [2.05, 4.69) is 27.3 Å². The number of rotatable bonds is 5. The standard InChI is InChI=1S/C21H25F3N4O2/c22-21(23,24)16-5-6-19-26-18(13-28(19)11-16)20(30)25-9-17(29)12-27-8-7-14-3-1-2-4-15(14)10-27/h1-4,13,16-17,29H,5-12H2,(H,25,30)/t16?,17-/m0/s1. The number of hydrogen-bond donors (Lipinski definition) is 2. The molecule has 2 aliphatic heterocycles. The first kappa shape index (κ1) is 20.9. The molecule has 0 fully saturated rings. The van der Waals surface area contributed by atoms with Crippen molar-refractivity contribution in [3.63, 3.8) is 0 Å². The van der Waals surface area contributed by atoms with Crippen LogP contribution in [0.15, 0.2) is 30.5 Å². The molecule has 0 radical (unpaired) electrons. The number of imidazole rings is 1. The molecular weight excluding hydrogens is 397 g/mol. The summed E-state index contributed by atoms with van der Waals surface area (Å²) in [4.78, 5) is 18.7. The fourth-order valence-corrected chi connectivity index (χ4v) is 4.19. The number of aryl methyl sites for hydroxylation is 1. The van der Waals surface area contributed by atoms with E-state index in [9.17, 15) is 23.1 Å². The molecule has 1 aromatic heterocycles. The van der Waals surface area contributed by atoms with E-state index in [4.69, 9.17) is 0 Å². The van der Waals surface area contributed by atoms with Crippen LogP contribution in [-0.4, -0.2) is 57.4 Å². The minimum atomic E-state index is -4.25. The SMILES string of the molecule is O=C(NC[C@H](O)CN1CCc2ccccc2C1)c1cn2c(n1)CCC(C(F)(F)F)C2. The van der Waals surface area contributed by atoms with Crippen molar-refractivity contribution < 1.29 is 23.1 Å². The maximum Gasteiger partial charge on any atom is 0.393 e. The van der Waals surface area contributed by atoms with E-state index in [1.807, 2.05) is 12.1 Å². The van der Waals surface area contributed by atoms with Crippen LogP contribution in [0, 0.1) is 5.92 Å². The molecule has 9 heteroatoms. The van der Waals surface area contributed by atoms with Gasteiger partial charge in [-0.05, 0) is 24.0 Å². The van der Waals surface area contributed by atoms with Crippen LogP contribution in [0.3, 0.4) is 0 Å². The molecule has 2 N–H and O–H groups in total. The summed E-state index contributed by atoms with van der Waals surface area (Å²) in [6, 6.07) is 8.22. The third kappa shape index (κ3) is 4.67. The van der Waals surface area contributed by atoms with Gasteiger partial charge in [-0.15, -0.1) is 0 Å². The van der Waals surface area contributed by atoms with Gasteiger partial charge in [0.2, 0.25) is 0 Å². The van der Waals surface area contributed by atoms with Gasteiger partial charge in [0.25, 0.3) is 5.91 Å². The highest BCUT2D eigenvalue weighted by Crippen LogP contribution is 2.34. The van der Waals surface area contributed by atoms with E-state index in [0.29, 0.717) is 12.4 Å². The number of carbonyl (C=O) groups excluding carboxylic acids is 1. The summed E-state index contributed by atoms with van der Waals surface area (Å²) >= 11 is 0. The Balaban J connectivity index is 1.28. The van der Waals surface area contributed by atoms with Gasteiger partial charge in [-0.3, -0.25) is 9.69 Å². The van der Waals surface area contributed by atoms with Crippen molar-refractivity contribution in [1.29, 1.82) is 0 Å². The monoisotopic (exact) mass is 422 g/mol. The van der Waals surface area contributed by atoms with Crippen molar-refractivity contribution in [2.45, 2.75) is 44.6 Å². The summed E-state index contributed by atoms with van der Waals surface area (Å²) in [6.07, 6.45) is -2.52. The lowest BCUT2D eigenvalue weighted by molar-refractivity contribution is -0.182. The van der Waals surface area contributed by atoms with Gasteiger partial charge in [0, 0.05) is 45.3 Å². The Labute approximate surface area is 172 Å². The van der Waals surface area contributed by atoms with Crippen molar-refractivity contribution in [3.05, 3.63) is 53.1 Å². The molecule has 2 aromatic rings. The van der Waals surface area contributed by atoms with Crippen LogP contribution >= 0.6 is 0 Å². The Morgan fingerprint density at radius 1 is 1.27 bits per heavy atom. The maximum absolute atomic E-state index is 12.9. The lowest BCUT2D eigenvalue weighted by Gasteiger charge is -2.30. The average molecular weight is 422 g/mol. The van der Waals surface area contributed by atoms with E-state index in [-0.39, 0.29) is 31.6 Å². The minimum Gasteiger partial charge on any atom is -0.390 e. The summed E-state index contributed by atoms with van der Waals surface area (Å²) in [7, 11) is 0. The van der Waals surface area contributed by atoms with Gasteiger partial charge in [0.15, 0.2) is 0 Å². The summed E-state index contributed by atoms with van der Waals surface area (Å²) in [5.74, 6) is -1.40. The first-order valence-corrected chi connectivity index (χ1v) is 10.2. The highest BCUT2D eigenvalue weighted by atomic mass is 19.4. The Kier molecular flexibility index (Phi) is 5.84. The number of hydrogen-bond acceptors (Lipinski definition) is 4. The number of β-amino-alcohol motifs (C(OH)–C–C–N with tert-alkyl or cyclic N) is 1. The summed E-state index contributed by atoms with van der Waals surface area (Å²) in [5.41, 5.74) is 2.67. The normalized spacial score (nSPS) is 20.3. The number of benzene rings is 1. The molecule has 6 nitrogen and oxygen atoms in total. The van der Waals surface area contributed by atoms with Crippen molar-refractivity contribution >= 4 is 5.91 Å². The second kappa shape index (κ2) is 8.39. The van der Waals surface area contributed by atoms with Gasteiger partial charge in [-0.1, -0.05) is 24.3 Å². The Morgan fingerprint density at radius 3 is 2.80 bits per heavy atom. The van der Waals surface area contributed by atoms with E-state index in [1.165, 1.54) is 21.9 Å². The molecule has 3 heterocycles. The molecule has 30 heavy (non-hydrogen) atoms. The molecule has 2 aliphatic rings. The third-order valence-corrected chi connectivity index (χ3v) is 5.87. The van der Waals surface area contributed by atoms with E-state index >= 15 is 0 Å². The molecule has 1 unspecified atom stereocenters. The van der Waals surface area contributed by atoms with Crippen molar-refractivity contribution in [2.24, 2.45) is 5.92 Å². The number of nitrogens with zero attached hydrogens (tertiary/aromatic N) is 3. The molecule has 0 saturated carbocycles. The van der Waals surface area contributed by atoms with Gasteiger partial charge >= 0.3 is 6.18 Å². The van der Waals surface area contributed by atoms with Crippen LogP contribution in [0.2, 0.25) is 0 Å². The summed E-state index contributed by atoms with van der Waals surface area (Å²) in [6.45, 7) is 1.88. The third-order valence-electron chi connectivity index (χ3n) is 5.87. The van der Waals surface area contributed by atoms with Gasteiger partial charge < -0.3 is 15.0 Å². The first-order valence-electron chi connectivity index (χ1n) is 10.2. The number of alkyl halides is 3. The van der Waals surface area contributed by atoms with Crippen LogP contribution in [0.5, 0.6) is 0 Å². The lowest BCUT2D eigenvalue weighted by Crippen LogP contribution is -2.42. The number of aliphatic hydroxyl groups is 1. The molecule has 162 valence electrons. The second-order valence-corrected chi connectivity index (χ2v) is 8.09. The number of aromatic nitrogens is 2. The van der Waals surface area contributed by atoms with Gasteiger partial charge in [0.1, 0.15) is 11.5 Å². The van der Waals surface area contributed by atoms with E-state index in [1.54, 1.807) is 0 Å². The number of halogens is 3. The average Bonchev–Trinajstić information content (AvgIpc) is 3.15. The number of carbonyl (C=O) groups is 1. The zero-order valence-electron chi connectivity index (χ0n) is 16.5. The van der Waals surface area contributed by atoms with E-state index in [0.717, 1.165) is 19.5 Å². The molecule has 1 aromatic carbocycles. The fourth-order valence-electron chi connectivity index (χ4n) is 4.19. The molecule has 0 aliphatic carbocycles. The van der Waals surface area contributed by atoms with Crippen LogP contribution in [0.4, 0.5) is 13.2 Å². The topological polar surface area (TPSA) is 70.4 Å².